The average molecular weight is 576 g/mol. The molecule has 1 atom stereocenters. The molecule has 3 heterocycles. The van der Waals surface area contributed by atoms with E-state index in [1.165, 1.54) is 6.07 Å². The van der Waals surface area contributed by atoms with Crippen molar-refractivity contribution in [1.29, 1.82) is 0 Å². The molecular weight excluding hydrogens is 549 g/mol. The van der Waals surface area contributed by atoms with E-state index in [2.05, 4.69) is 35.7 Å². The van der Waals surface area contributed by atoms with Crippen LogP contribution in [0.3, 0.4) is 0 Å². The Kier molecular flexibility index (Phi) is 7.55. The number of imidazole rings is 1. The second kappa shape index (κ2) is 11.1. The zero-order chi connectivity index (χ0) is 29.3. The van der Waals surface area contributed by atoms with Gasteiger partial charge in [-0.25, -0.2) is 14.4 Å². The second-order valence-electron chi connectivity index (χ2n) is 10.5. The Balaban J connectivity index is 1.35. The summed E-state index contributed by atoms with van der Waals surface area (Å²) in [6.07, 6.45) is 1.60. The van der Waals surface area contributed by atoms with Crippen molar-refractivity contribution in [2.24, 2.45) is 0 Å². The number of aromatic nitrogens is 5. The third kappa shape index (κ3) is 6.09. The van der Waals surface area contributed by atoms with Gasteiger partial charge in [-0.3, -0.25) is 9.59 Å². The van der Waals surface area contributed by atoms with Crippen LogP contribution < -0.4 is 10.6 Å². The minimum Gasteiger partial charge on any atom is -0.344 e. The fourth-order valence-electron chi connectivity index (χ4n) is 4.00. The van der Waals surface area contributed by atoms with E-state index in [4.69, 9.17) is 16.1 Å². The van der Waals surface area contributed by atoms with E-state index in [1.54, 1.807) is 49.5 Å². The molecule has 0 aliphatic rings. The lowest BCUT2D eigenvalue weighted by Gasteiger charge is -2.10. The molecule has 0 bridgehead atoms. The number of amides is 2. The SMILES string of the molecule is CC(Cl)C(=O)Nc1cccc(-c2nc3nccc(-c4ccc(CNC(=O)c5nc(C(C)(C)C)no5)c(F)c4)c3[nH]2)c1. The number of fused-ring (bicyclic) bond motifs is 1. The molecule has 0 aliphatic heterocycles. The van der Waals surface area contributed by atoms with Crippen molar-refractivity contribution in [3.8, 4) is 22.5 Å². The molecule has 2 aromatic carbocycles. The highest BCUT2D eigenvalue weighted by Crippen LogP contribution is 2.30. The molecular formula is C29H27ClFN7O3. The summed E-state index contributed by atoms with van der Waals surface area (Å²) in [6, 6.07) is 13.7. The predicted octanol–water partition coefficient (Wildman–Crippen LogP) is 5.61. The number of alkyl halides is 1. The number of nitrogens with one attached hydrogen (secondary N) is 3. The van der Waals surface area contributed by atoms with E-state index in [0.29, 0.717) is 45.2 Å². The number of anilines is 1. The van der Waals surface area contributed by atoms with Crippen molar-refractivity contribution in [2.75, 3.05) is 5.32 Å². The van der Waals surface area contributed by atoms with E-state index in [-0.39, 0.29) is 23.8 Å². The van der Waals surface area contributed by atoms with Crippen LogP contribution in [0.1, 0.15) is 49.8 Å². The van der Waals surface area contributed by atoms with Gasteiger partial charge in [0.2, 0.25) is 5.91 Å². The topological polar surface area (TPSA) is 139 Å². The summed E-state index contributed by atoms with van der Waals surface area (Å²) in [6.45, 7) is 7.24. The number of carbonyl (C=O) groups excluding carboxylic acids is 2. The lowest BCUT2D eigenvalue weighted by atomic mass is 9.96. The monoisotopic (exact) mass is 575 g/mol. The van der Waals surface area contributed by atoms with Crippen LogP contribution in [0.5, 0.6) is 0 Å². The number of benzene rings is 2. The standard InChI is InChI=1S/C29H27ClFN7O3/c1-15(30)25(39)34-19-7-5-6-17(12-19)23-35-22-20(10-11-32-24(22)36-23)16-8-9-18(21(31)13-16)14-33-26(40)27-37-28(38-41-27)29(2,3)4/h5-13,15H,14H2,1-4H3,(H,33,40)(H,34,39)(H,32,35,36). The molecule has 0 aliphatic carbocycles. The van der Waals surface area contributed by atoms with E-state index in [9.17, 15) is 9.59 Å². The summed E-state index contributed by atoms with van der Waals surface area (Å²) in [7, 11) is 0. The van der Waals surface area contributed by atoms with Gasteiger partial charge in [-0.05, 0) is 36.8 Å². The molecule has 12 heteroatoms. The van der Waals surface area contributed by atoms with Crippen molar-refractivity contribution in [2.45, 2.75) is 45.0 Å². The quantitative estimate of drug-likeness (QED) is 0.214. The maximum absolute atomic E-state index is 15.1. The highest BCUT2D eigenvalue weighted by Gasteiger charge is 2.24. The molecule has 3 aromatic heterocycles. The lowest BCUT2D eigenvalue weighted by molar-refractivity contribution is -0.115. The Morgan fingerprint density at radius 2 is 1.90 bits per heavy atom. The molecule has 0 radical (unpaired) electrons. The molecule has 41 heavy (non-hydrogen) atoms. The Labute approximate surface area is 239 Å². The van der Waals surface area contributed by atoms with Crippen LogP contribution in [-0.4, -0.2) is 42.3 Å². The summed E-state index contributed by atoms with van der Waals surface area (Å²) in [4.78, 5) is 40.8. The number of rotatable bonds is 7. The summed E-state index contributed by atoms with van der Waals surface area (Å²) in [5, 5.41) is 8.54. The van der Waals surface area contributed by atoms with Crippen molar-refractivity contribution < 1.29 is 18.5 Å². The third-order valence-corrected chi connectivity index (χ3v) is 6.45. The van der Waals surface area contributed by atoms with E-state index in [0.717, 1.165) is 5.56 Å². The number of nitrogens with zero attached hydrogens (tertiary/aromatic N) is 4. The Hall–Kier alpha value is -4.64. The first-order valence-corrected chi connectivity index (χ1v) is 13.2. The molecule has 0 fully saturated rings. The first-order valence-electron chi connectivity index (χ1n) is 12.8. The van der Waals surface area contributed by atoms with Gasteiger partial charge in [0, 0.05) is 40.5 Å². The number of halogens is 2. The van der Waals surface area contributed by atoms with Crippen molar-refractivity contribution in [3.05, 3.63) is 77.8 Å². The van der Waals surface area contributed by atoms with Crippen LogP contribution >= 0.6 is 11.6 Å². The van der Waals surface area contributed by atoms with Crippen molar-refractivity contribution in [1.82, 2.24) is 30.4 Å². The van der Waals surface area contributed by atoms with E-state index < -0.39 is 17.1 Å². The fourth-order valence-corrected chi connectivity index (χ4v) is 4.06. The number of pyridine rings is 1. The summed E-state index contributed by atoms with van der Waals surface area (Å²) < 4.78 is 20.2. The number of aromatic amines is 1. The Bertz CT molecular complexity index is 1760. The normalized spacial score (nSPS) is 12.3. The van der Waals surface area contributed by atoms with Crippen molar-refractivity contribution in [3.63, 3.8) is 0 Å². The van der Waals surface area contributed by atoms with Gasteiger partial charge in [-0.1, -0.05) is 50.2 Å². The van der Waals surface area contributed by atoms with Gasteiger partial charge >= 0.3 is 11.8 Å². The molecule has 0 saturated heterocycles. The van der Waals surface area contributed by atoms with Crippen LogP contribution in [0, 0.1) is 5.82 Å². The highest BCUT2D eigenvalue weighted by molar-refractivity contribution is 6.32. The van der Waals surface area contributed by atoms with Gasteiger partial charge in [0.25, 0.3) is 0 Å². The molecule has 210 valence electrons. The smallest absolute Gasteiger partial charge is 0.315 e. The molecule has 1 unspecified atom stereocenters. The minimum absolute atomic E-state index is 0.0620. The number of H-pyrrole nitrogens is 1. The van der Waals surface area contributed by atoms with Gasteiger partial charge in [0.05, 0.1) is 5.52 Å². The van der Waals surface area contributed by atoms with Crippen LogP contribution in [0.25, 0.3) is 33.7 Å². The van der Waals surface area contributed by atoms with Crippen LogP contribution in [0.4, 0.5) is 10.1 Å². The first-order chi connectivity index (χ1) is 19.5. The molecule has 3 N–H and O–H groups in total. The van der Waals surface area contributed by atoms with Gasteiger partial charge in [0.15, 0.2) is 11.5 Å². The largest absolute Gasteiger partial charge is 0.344 e. The Morgan fingerprint density at radius 3 is 2.61 bits per heavy atom. The third-order valence-electron chi connectivity index (χ3n) is 6.25. The summed E-state index contributed by atoms with van der Waals surface area (Å²) in [5.41, 5.74) is 3.59. The van der Waals surface area contributed by atoms with E-state index in [1.807, 2.05) is 26.8 Å². The molecule has 0 spiro atoms. The Morgan fingerprint density at radius 1 is 1.10 bits per heavy atom. The maximum Gasteiger partial charge on any atom is 0.315 e. The van der Waals surface area contributed by atoms with Gasteiger partial charge in [0.1, 0.15) is 17.0 Å². The maximum atomic E-state index is 15.1. The molecule has 10 nitrogen and oxygen atoms in total. The summed E-state index contributed by atoms with van der Waals surface area (Å²) in [5.74, 6) is -0.632. The predicted molar refractivity (Wildman–Crippen MR) is 153 cm³/mol. The molecule has 2 amide bonds. The van der Waals surface area contributed by atoms with Crippen LogP contribution in [0.2, 0.25) is 0 Å². The number of hydrogen-bond acceptors (Lipinski definition) is 7. The first kappa shape index (κ1) is 27.9. The second-order valence-corrected chi connectivity index (χ2v) is 11.1. The van der Waals surface area contributed by atoms with E-state index >= 15 is 4.39 Å². The van der Waals surface area contributed by atoms with Crippen LogP contribution in [0.15, 0.2) is 59.3 Å². The van der Waals surface area contributed by atoms with Gasteiger partial charge in [-0.15, -0.1) is 11.6 Å². The summed E-state index contributed by atoms with van der Waals surface area (Å²) >= 11 is 5.86. The highest BCUT2D eigenvalue weighted by atomic mass is 35.5. The molecule has 0 saturated carbocycles. The zero-order valence-electron chi connectivity index (χ0n) is 22.8. The zero-order valence-corrected chi connectivity index (χ0v) is 23.5. The number of hydrogen-bond donors (Lipinski definition) is 3. The van der Waals surface area contributed by atoms with Crippen LogP contribution in [-0.2, 0) is 16.8 Å². The number of carbonyl (C=O) groups is 2. The fraction of sp³-hybridized carbons (Fsp3) is 0.241. The molecule has 5 aromatic rings. The van der Waals surface area contributed by atoms with Gasteiger partial charge < -0.3 is 20.1 Å². The van der Waals surface area contributed by atoms with Crippen molar-refractivity contribution >= 4 is 40.3 Å². The van der Waals surface area contributed by atoms with Gasteiger partial charge in [-0.2, -0.15) is 4.98 Å². The minimum atomic E-state index is -0.674. The lowest BCUT2D eigenvalue weighted by Crippen LogP contribution is -2.24. The molecule has 5 rings (SSSR count). The average Bonchev–Trinajstić information content (AvgIpc) is 3.60.